The Bertz CT molecular complexity index is 278. The van der Waals surface area contributed by atoms with Crippen LogP contribution in [-0.4, -0.2) is 0 Å². The zero-order valence-corrected chi connectivity index (χ0v) is 7.64. The van der Waals surface area contributed by atoms with Gasteiger partial charge in [-0.2, -0.15) is 0 Å². The molecular formula is C11H11Cl. The standard InChI is InChI=1S/C11H11Cl/c1-2-3-4-5-10-6-8-11(12)9-7-10/h3,6-9H,1,4-5H2. The summed E-state index contributed by atoms with van der Waals surface area (Å²) >= 11 is 5.74. The molecule has 0 bridgehead atoms. The summed E-state index contributed by atoms with van der Waals surface area (Å²) in [5, 5.41) is 0.790. The number of aryl methyl sites for hydroxylation is 1. The predicted octanol–water partition coefficient (Wildman–Crippen LogP) is 3.61. The van der Waals surface area contributed by atoms with Crippen molar-refractivity contribution in [2.45, 2.75) is 12.8 Å². The van der Waals surface area contributed by atoms with Crippen LogP contribution in [0, 0.1) is 0 Å². The average molecular weight is 179 g/mol. The second-order valence-electron chi connectivity index (χ2n) is 2.57. The predicted molar refractivity (Wildman–Crippen MR) is 53.5 cm³/mol. The first-order valence-corrected chi connectivity index (χ1v) is 4.29. The molecule has 0 aromatic heterocycles. The highest BCUT2D eigenvalue weighted by Crippen LogP contribution is 2.10. The maximum Gasteiger partial charge on any atom is 0.0406 e. The summed E-state index contributed by atoms with van der Waals surface area (Å²) in [5.41, 5.74) is 4.05. The third-order valence-corrected chi connectivity index (χ3v) is 1.89. The van der Waals surface area contributed by atoms with Gasteiger partial charge in [-0.15, -0.1) is 5.73 Å². The fraction of sp³-hybridized carbons (Fsp3) is 0.182. The molecule has 12 heavy (non-hydrogen) atoms. The fourth-order valence-electron chi connectivity index (χ4n) is 0.992. The summed E-state index contributed by atoms with van der Waals surface area (Å²) in [7, 11) is 0. The molecule has 0 nitrogen and oxygen atoms in total. The van der Waals surface area contributed by atoms with Gasteiger partial charge in [-0.3, -0.25) is 0 Å². The lowest BCUT2D eigenvalue weighted by Crippen LogP contribution is -1.81. The zero-order valence-electron chi connectivity index (χ0n) is 6.89. The number of allylic oxidation sites excluding steroid dienone is 1. The van der Waals surface area contributed by atoms with Gasteiger partial charge in [0.2, 0.25) is 0 Å². The van der Waals surface area contributed by atoms with E-state index in [1.165, 1.54) is 5.56 Å². The number of hydrogen-bond acceptors (Lipinski definition) is 0. The van der Waals surface area contributed by atoms with Crippen LogP contribution in [0.15, 0.2) is 42.7 Å². The SMILES string of the molecule is C=C=CCCc1ccc(Cl)cc1. The second kappa shape index (κ2) is 4.82. The van der Waals surface area contributed by atoms with Crippen molar-refractivity contribution >= 4 is 11.6 Å². The molecule has 0 atom stereocenters. The smallest absolute Gasteiger partial charge is 0.0406 e. The molecule has 0 saturated carbocycles. The van der Waals surface area contributed by atoms with Crippen molar-refractivity contribution in [3.05, 3.63) is 53.2 Å². The third kappa shape index (κ3) is 2.96. The largest absolute Gasteiger partial charge is 0.133 e. The highest BCUT2D eigenvalue weighted by molar-refractivity contribution is 6.30. The summed E-state index contributed by atoms with van der Waals surface area (Å²) in [6.45, 7) is 3.50. The number of rotatable bonds is 3. The van der Waals surface area contributed by atoms with E-state index in [1.54, 1.807) is 0 Å². The molecule has 0 fully saturated rings. The molecule has 0 spiro atoms. The minimum absolute atomic E-state index is 0.790. The molecule has 1 rings (SSSR count). The molecule has 0 amide bonds. The quantitative estimate of drug-likeness (QED) is 0.621. The van der Waals surface area contributed by atoms with E-state index in [0.29, 0.717) is 0 Å². The fourth-order valence-corrected chi connectivity index (χ4v) is 1.12. The van der Waals surface area contributed by atoms with Gasteiger partial charge < -0.3 is 0 Å². The Labute approximate surface area is 78.2 Å². The first kappa shape index (κ1) is 9.12. The van der Waals surface area contributed by atoms with Crippen LogP contribution in [0.5, 0.6) is 0 Å². The Morgan fingerprint density at radius 2 is 2.00 bits per heavy atom. The van der Waals surface area contributed by atoms with E-state index >= 15 is 0 Å². The lowest BCUT2D eigenvalue weighted by molar-refractivity contribution is 1.00. The van der Waals surface area contributed by atoms with Crippen molar-refractivity contribution in [2.75, 3.05) is 0 Å². The van der Waals surface area contributed by atoms with Crippen LogP contribution in [0.25, 0.3) is 0 Å². The van der Waals surface area contributed by atoms with Crippen LogP contribution < -0.4 is 0 Å². The molecule has 1 aromatic rings. The molecule has 1 aromatic carbocycles. The Hall–Kier alpha value is -0.970. The van der Waals surface area contributed by atoms with Crippen LogP contribution in [0.1, 0.15) is 12.0 Å². The lowest BCUT2D eigenvalue weighted by atomic mass is 10.1. The molecule has 1 heteroatoms. The van der Waals surface area contributed by atoms with Gasteiger partial charge in [-0.05, 0) is 36.6 Å². The molecule has 0 unspecified atom stereocenters. The second-order valence-corrected chi connectivity index (χ2v) is 3.01. The Kier molecular flexibility index (Phi) is 3.66. The van der Waals surface area contributed by atoms with Gasteiger partial charge in [0.1, 0.15) is 0 Å². The summed E-state index contributed by atoms with van der Waals surface area (Å²) in [6, 6.07) is 7.90. The minimum atomic E-state index is 0.790. The summed E-state index contributed by atoms with van der Waals surface area (Å²) in [5.74, 6) is 0. The van der Waals surface area contributed by atoms with E-state index in [-0.39, 0.29) is 0 Å². The molecule has 0 saturated heterocycles. The average Bonchev–Trinajstić information content (AvgIpc) is 2.09. The Morgan fingerprint density at radius 3 is 2.58 bits per heavy atom. The van der Waals surface area contributed by atoms with Gasteiger partial charge in [-0.25, -0.2) is 0 Å². The number of hydrogen-bond donors (Lipinski definition) is 0. The number of halogens is 1. The van der Waals surface area contributed by atoms with Crippen molar-refractivity contribution in [1.82, 2.24) is 0 Å². The third-order valence-electron chi connectivity index (χ3n) is 1.63. The van der Waals surface area contributed by atoms with Crippen LogP contribution in [-0.2, 0) is 6.42 Å². The first-order chi connectivity index (χ1) is 5.83. The van der Waals surface area contributed by atoms with Gasteiger partial charge in [0, 0.05) is 5.02 Å². The summed E-state index contributed by atoms with van der Waals surface area (Å²) < 4.78 is 0. The van der Waals surface area contributed by atoms with Crippen molar-refractivity contribution in [2.24, 2.45) is 0 Å². The van der Waals surface area contributed by atoms with Crippen LogP contribution >= 0.6 is 11.6 Å². The molecule has 0 aliphatic rings. The highest BCUT2D eigenvalue weighted by atomic mass is 35.5. The van der Waals surface area contributed by atoms with Crippen molar-refractivity contribution < 1.29 is 0 Å². The Morgan fingerprint density at radius 1 is 1.33 bits per heavy atom. The van der Waals surface area contributed by atoms with E-state index in [2.05, 4.69) is 12.3 Å². The number of benzene rings is 1. The normalized spacial score (nSPS) is 9.08. The molecular weight excluding hydrogens is 168 g/mol. The lowest BCUT2D eigenvalue weighted by Gasteiger charge is -1.96. The molecule has 62 valence electrons. The summed E-state index contributed by atoms with van der Waals surface area (Å²) in [6.07, 6.45) is 3.96. The summed E-state index contributed by atoms with van der Waals surface area (Å²) in [4.78, 5) is 0. The maximum absolute atomic E-state index is 5.74. The van der Waals surface area contributed by atoms with Gasteiger partial charge >= 0.3 is 0 Å². The highest BCUT2D eigenvalue weighted by Gasteiger charge is 1.90. The van der Waals surface area contributed by atoms with E-state index in [1.807, 2.05) is 30.3 Å². The van der Waals surface area contributed by atoms with Gasteiger partial charge in [-0.1, -0.05) is 30.3 Å². The first-order valence-electron chi connectivity index (χ1n) is 3.91. The van der Waals surface area contributed by atoms with E-state index < -0.39 is 0 Å². The molecule has 0 heterocycles. The van der Waals surface area contributed by atoms with Crippen LogP contribution in [0.2, 0.25) is 5.02 Å². The van der Waals surface area contributed by atoms with E-state index in [9.17, 15) is 0 Å². The van der Waals surface area contributed by atoms with Gasteiger partial charge in [0.15, 0.2) is 0 Å². The topological polar surface area (TPSA) is 0 Å². The maximum atomic E-state index is 5.74. The van der Waals surface area contributed by atoms with Crippen molar-refractivity contribution in [3.8, 4) is 0 Å². The van der Waals surface area contributed by atoms with E-state index in [4.69, 9.17) is 11.6 Å². The molecule has 0 aliphatic carbocycles. The van der Waals surface area contributed by atoms with Crippen LogP contribution in [0.4, 0.5) is 0 Å². The van der Waals surface area contributed by atoms with Gasteiger partial charge in [0.05, 0.1) is 0 Å². The van der Waals surface area contributed by atoms with E-state index in [0.717, 1.165) is 17.9 Å². The zero-order chi connectivity index (χ0) is 8.81. The van der Waals surface area contributed by atoms with Gasteiger partial charge in [0.25, 0.3) is 0 Å². The van der Waals surface area contributed by atoms with Crippen LogP contribution in [0.3, 0.4) is 0 Å². The Balaban J connectivity index is 2.53. The van der Waals surface area contributed by atoms with Crippen molar-refractivity contribution in [1.29, 1.82) is 0 Å². The monoisotopic (exact) mass is 178 g/mol. The molecule has 0 radical (unpaired) electrons. The molecule has 0 aliphatic heterocycles. The minimum Gasteiger partial charge on any atom is -0.133 e. The molecule has 0 N–H and O–H groups in total. The van der Waals surface area contributed by atoms with Crippen molar-refractivity contribution in [3.63, 3.8) is 0 Å².